The van der Waals surface area contributed by atoms with Gasteiger partial charge in [-0.05, 0) is 36.2 Å². The molecule has 2 aromatic carbocycles. The van der Waals surface area contributed by atoms with Crippen molar-refractivity contribution in [3.05, 3.63) is 59.9 Å². The molecule has 1 heterocycles. The van der Waals surface area contributed by atoms with Gasteiger partial charge in [0.15, 0.2) is 0 Å². The second kappa shape index (κ2) is 5.47. The number of aryl methyl sites for hydroxylation is 1. The lowest BCUT2D eigenvalue weighted by Gasteiger charge is -2.09. The molecule has 0 saturated carbocycles. The molecule has 3 rings (SSSR count). The fourth-order valence-electron chi connectivity index (χ4n) is 2.54. The summed E-state index contributed by atoms with van der Waals surface area (Å²) in [4.78, 5) is 4.69. The third-order valence-corrected chi connectivity index (χ3v) is 3.54. The second-order valence-electron chi connectivity index (χ2n) is 4.85. The lowest BCUT2D eigenvalue weighted by Crippen LogP contribution is -2.00. The number of nitrogens with zero attached hydrogens (tertiary/aromatic N) is 2. The van der Waals surface area contributed by atoms with E-state index < -0.39 is 0 Å². The van der Waals surface area contributed by atoms with Crippen molar-refractivity contribution in [2.45, 2.75) is 19.8 Å². The van der Waals surface area contributed by atoms with Gasteiger partial charge in [-0.15, -0.1) is 0 Å². The molecular formula is C17H18N2O. The Morgan fingerprint density at radius 3 is 2.50 bits per heavy atom. The maximum absolute atomic E-state index is 8.98. The molecule has 3 heteroatoms. The summed E-state index contributed by atoms with van der Waals surface area (Å²) in [5, 5.41) is 8.98. The van der Waals surface area contributed by atoms with Crippen LogP contribution in [0.5, 0.6) is 0 Å². The smallest absolute Gasteiger partial charge is 0.114 e. The van der Waals surface area contributed by atoms with Gasteiger partial charge < -0.3 is 5.11 Å². The quantitative estimate of drug-likeness (QED) is 0.788. The summed E-state index contributed by atoms with van der Waals surface area (Å²) in [6.45, 7) is 2.31. The van der Waals surface area contributed by atoms with Crippen molar-refractivity contribution in [1.82, 2.24) is 9.55 Å². The Kier molecular flexibility index (Phi) is 3.52. The minimum Gasteiger partial charge on any atom is -0.396 e. The molecule has 0 amide bonds. The fraction of sp³-hybridized carbons (Fsp3) is 0.235. The molecule has 0 fully saturated rings. The van der Waals surface area contributed by atoms with Crippen LogP contribution < -0.4 is 0 Å². The molecule has 0 atom stereocenters. The van der Waals surface area contributed by atoms with Gasteiger partial charge in [0.2, 0.25) is 0 Å². The molecule has 1 aromatic heterocycles. The minimum atomic E-state index is 0.188. The molecule has 0 saturated heterocycles. The highest BCUT2D eigenvalue weighted by molar-refractivity contribution is 5.78. The highest BCUT2D eigenvalue weighted by Crippen LogP contribution is 2.22. The molecule has 0 aliphatic carbocycles. The van der Waals surface area contributed by atoms with E-state index in [1.807, 2.05) is 18.2 Å². The first-order valence-corrected chi connectivity index (χ1v) is 7.00. The number of rotatable bonds is 4. The Bertz CT molecular complexity index is 713. The summed E-state index contributed by atoms with van der Waals surface area (Å²) in [6.07, 6.45) is 1.60. The fourth-order valence-corrected chi connectivity index (χ4v) is 2.54. The van der Waals surface area contributed by atoms with Gasteiger partial charge in [0.05, 0.1) is 11.0 Å². The van der Waals surface area contributed by atoms with Gasteiger partial charge in [0, 0.05) is 18.7 Å². The third-order valence-electron chi connectivity index (χ3n) is 3.54. The van der Waals surface area contributed by atoms with Crippen LogP contribution in [-0.2, 0) is 12.8 Å². The normalized spacial score (nSPS) is 11.1. The van der Waals surface area contributed by atoms with Crippen LogP contribution in [0.2, 0.25) is 0 Å². The van der Waals surface area contributed by atoms with Crippen LogP contribution >= 0.6 is 0 Å². The van der Waals surface area contributed by atoms with Crippen LogP contribution in [0.4, 0.5) is 0 Å². The van der Waals surface area contributed by atoms with Crippen molar-refractivity contribution in [3.8, 4) is 5.69 Å². The Balaban J connectivity index is 2.12. The summed E-state index contributed by atoms with van der Waals surface area (Å²) in [7, 11) is 0. The highest BCUT2D eigenvalue weighted by atomic mass is 16.2. The van der Waals surface area contributed by atoms with Crippen LogP contribution in [-0.4, -0.2) is 21.3 Å². The van der Waals surface area contributed by atoms with Crippen LogP contribution in [0.3, 0.4) is 0 Å². The molecule has 0 radical (unpaired) electrons. The van der Waals surface area contributed by atoms with E-state index in [4.69, 9.17) is 5.11 Å². The maximum atomic E-state index is 8.98. The third kappa shape index (κ3) is 2.21. The van der Waals surface area contributed by atoms with E-state index in [1.54, 1.807) is 0 Å². The maximum Gasteiger partial charge on any atom is 0.114 e. The number of fused-ring (bicyclic) bond motifs is 1. The van der Waals surface area contributed by atoms with Crippen molar-refractivity contribution in [3.63, 3.8) is 0 Å². The molecule has 1 N–H and O–H groups in total. The summed E-state index contributed by atoms with van der Waals surface area (Å²) < 4.78 is 2.21. The van der Waals surface area contributed by atoms with Gasteiger partial charge in [0.1, 0.15) is 5.82 Å². The standard InChI is InChI=1S/C17H18N2O/c1-2-17-18-15-5-3-4-6-16(15)19(17)14-9-7-13(8-10-14)11-12-20/h3-10,20H,2,11-12H2,1H3. The molecule has 0 aliphatic heterocycles. The molecule has 0 bridgehead atoms. The molecule has 3 aromatic rings. The van der Waals surface area contributed by atoms with Gasteiger partial charge in [-0.3, -0.25) is 4.57 Å². The van der Waals surface area contributed by atoms with E-state index in [9.17, 15) is 0 Å². The molecular weight excluding hydrogens is 248 g/mol. The van der Waals surface area contributed by atoms with Crippen LogP contribution in [0.1, 0.15) is 18.3 Å². The highest BCUT2D eigenvalue weighted by Gasteiger charge is 2.10. The molecule has 102 valence electrons. The van der Waals surface area contributed by atoms with E-state index in [-0.39, 0.29) is 6.61 Å². The summed E-state index contributed by atoms with van der Waals surface area (Å²) >= 11 is 0. The zero-order chi connectivity index (χ0) is 13.9. The zero-order valence-corrected chi connectivity index (χ0v) is 11.6. The van der Waals surface area contributed by atoms with Crippen molar-refractivity contribution in [2.24, 2.45) is 0 Å². The van der Waals surface area contributed by atoms with E-state index in [2.05, 4.69) is 46.8 Å². The number of hydrogen-bond donors (Lipinski definition) is 1. The van der Waals surface area contributed by atoms with Gasteiger partial charge in [-0.2, -0.15) is 0 Å². The van der Waals surface area contributed by atoms with E-state index in [1.165, 1.54) is 0 Å². The van der Waals surface area contributed by atoms with Crippen molar-refractivity contribution >= 4 is 11.0 Å². The SMILES string of the molecule is CCc1nc2ccccc2n1-c1ccc(CCO)cc1. The number of para-hydroxylation sites is 2. The molecule has 20 heavy (non-hydrogen) atoms. The van der Waals surface area contributed by atoms with Crippen LogP contribution in [0.25, 0.3) is 16.7 Å². The van der Waals surface area contributed by atoms with Crippen molar-refractivity contribution in [2.75, 3.05) is 6.61 Å². The van der Waals surface area contributed by atoms with Crippen LogP contribution in [0.15, 0.2) is 48.5 Å². The number of imidazole rings is 1. The van der Waals surface area contributed by atoms with Crippen molar-refractivity contribution in [1.29, 1.82) is 0 Å². The molecule has 0 aliphatic rings. The Hall–Kier alpha value is -2.13. The second-order valence-corrected chi connectivity index (χ2v) is 4.85. The van der Waals surface area contributed by atoms with Gasteiger partial charge in [-0.25, -0.2) is 4.98 Å². The molecule has 3 nitrogen and oxygen atoms in total. The Morgan fingerprint density at radius 1 is 1.05 bits per heavy atom. The predicted octanol–water partition coefficient (Wildman–Crippen LogP) is 3.12. The summed E-state index contributed by atoms with van der Waals surface area (Å²) in [5.74, 6) is 1.07. The van der Waals surface area contributed by atoms with E-state index in [0.29, 0.717) is 6.42 Å². The first-order valence-electron chi connectivity index (χ1n) is 7.00. The summed E-state index contributed by atoms with van der Waals surface area (Å²) in [6, 6.07) is 16.5. The van der Waals surface area contributed by atoms with Gasteiger partial charge >= 0.3 is 0 Å². The lowest BCUT2D eigenvalue weighted by atomic mass is 10.1. The van der Waals surface area contributed by atoms with E-state index in [0.717, 1.165) is 34.5 Å². The van der Waals surface area contributed by atoms with E-state index >= 15 is 0 Å². The number of aliphatic hydroxyl groups is 1. The number of hydrogen-bond acceptors (Lipinski definition) is 2. The monoisotopic (exact) mass is 266 g/mol. The average Bonchev–Trinajstić information content (AvgIpc) is 2.87. The first-order chi connectivity index (χ1) is 9.83. The largest absolute Gasteiger partial charge is 0.396 e. The average molecular weight is 266 g/mol. The molecule has 0 spiro atoms. The predicted molar refractivity (Wildman–Crippen MR) is 81.2 cm³/mol. The minimum absolute atomic E-state index is 0.188. The zero-order valence-electron chi connectivity index (χ0n) is 11.6. The van der Waals surface area contributed by atoms with Crippen LogP contribution in [0, 0.1) is 0 Å². The van der Waals surface area contributed by atoms with Crippen molar-refractivity contribution < 1.29 is 5.11 Å². The molecule has 0 unspecified atom stereocenters. The Labute approximate surface area is 118 Å². The first kappa shape index (κ1) is 12.9. The van der Waals surface area contributed by atoms with Gasteiger partial charge in [-0.1, -0.05) is 31.2 Å². The van der Waals surface area contributed by atoms with Gasteiger partial charge in [0.25, 0.3) is 0 Å². The number of benzene rings is 2. The number of aromatic nitrogens is 2. The topological polar surface area (TPSA) is 38.0 Å². The summed E-state index contributed by atoms with van der Waals surface area (Å²) in [5.41, 5.74) is 4.44. The Morgan fingerprint density at radius 2 is 1.80 bits per heavy atom. The lowest BCUT2D eigenvalue weighted by molar-refractivity contribution is 0.299. The number of aliphatic hydroxyl groups excluding tert-OH is 1.